The van der Waals surface area contributed by atoms with E-state index in [0.29, 0.717) is 20.6 Å². The minimum atomic E-state index is -0.684. The Morgan fingerprint density at radius 3 is 2.14 bits per heavy atom. The van der Waals surface area contributed by atoms with Crippen molar-refractivity contribution >= 4 is 46.6 Å². The largest absolute Gasteiger partial charge is 0.352 e. The number of amides is 2. The molecule has 156 valence electrons. The van der Waals surface area contributed by atoms with E-state index in [-0.39, 0.29) is 30.8 Å². The van der Waals surface area contributed by atoms with Crippen LogP contribution in [0.3, 0.4) is 0 Å². The van der Waals surface area contributed by atoms with Gasteiger partial charge in [0.1, 0.15) is 6.04 Å². The van der Waals surface area contributed by atoms with E-state index in [4.69, 9.17) is 34.8 Å². The van der Waals surface area contributed by atoms with Crippen LogP contribution >= 0.6 is 34.8 Å². The van der Waals surface area contributed by atoms with E-state index < -0.39 is 6.04 Å². The summed E-state index contributed by atoms with van der Waals surface area (Å²) in [6.45, 7) is 5.76. The van der Waals surface area contributed by atoms with Crippen molar-refractivity contribution in [2.75, 3.05) is 0 Å². The number of carbonyl (C=O) groups is 2. The van der Waals surface area contributed by atoms with Gasteiger partial charge in [0.25, 0.3) is 0 Å². The minimum Gasteiger partial charge on any atom is -0.352 e. The third-order valence-electron chi connectivity index (χ3n) is 4.83. The molecule has 2 atom stereocenters. The van der Waals surface area contributed by atoms with Gasteiger partial charge in [0, 0.05) is 33.2 Å². The second-order valence-corrected chi connectivity index (χ2v) is 8.27. The molecule has 29 heavy (non-hydrogen) atoms. The molecule has 0 aliphatic rings. The standard InChI is InChI=1S/C22H25Cl3N2O2/c1-4-14(2)26-22(29)15(3)27(13-18-19(24)6-5-7-20(18)25)21(28)12-16-8-10-17(23)11-9-16/h5-11,14-15H,4,12-13H2,1-3H3,(H,26,29)/t14-,15-/m1/s1. The fourth-order valence-corrected chi connectivity index (χ4v) is 3.42. The Balaban J connectivity index is 2.29. The summed E-state index contributed by atoms with van der Waals surface area (Å²) >= 11 is 18.5. The first kappa shape index (κ1) is 23.5. The van der Waals surface area contributed by atoms with Gasteiger partial charge in [0.05, 0.1) is 6.42 Å². The van der Waals surface area contributed by atoms with Gasteiger partial charge < -0.3 is 10.2 Å². The minimum absolute atomic E-state index is 0.0158. The summed E-state index contributed by atoms with van der Waals surface area (Å²) in [5, 5.41) is 4.44. The summed E-state index contributed by atoms with van der Waals surface area (Å²) < 4.78 is 0. The van der Waals surface area contributed by atoms with E-state index in [0.717, 1.165) is 12.0 Å². The summed E-state index contributed by atoms with van der Waals surface area (Å²) in [4.78, 5) is 27.4. The van der Waals surface area contributed by atoms with Gasteiger partial charge in [-0.1, -0.05) is 59.9 Å². The first-order valence-corrected chi connectivity index (χ1v) is 10.6. The van der Waals surface area contributed by atoms with Crippen LogP contribution in [0.25, 0.3) is 0 Å². The third kappa shape index (κ3) is 6.63. The van der Waals surface area contributed by atoms with E-state index in [1.165, 1.54) is 4.90 Å². The topological polar surface area (TPSA) is 49.4 Å². The molecular formula is C22H25Cl3N2O2. The second-order valence-electron chi connectivity index (χ2n) is 7.02. The molecule has 0 heterocycles. The Hall–Kier alpha value is -1.75. The highest BCUT2D eigenvalue weighted by Crippen LogP contribution is 2.27. The molecule has 0 unspecified atom stereocenters. The molecule has 0 aromatic heterocycles. The van der Waals surface area contributed by atoms with Crippen molar-refractivity contribution in [3.05, 3.63) is 68.7 Å². The van der Waals surface area contributed by atoms with Crippen LogP contribution in [-0.4, -0.2) is 28.8 Å². The smallest absolute Gasteiger partial charge is 0.242 e. The summed E-state index contributed by atoms with van der Waals surface area (Å²) in [6.07, 6.45) is 0.938. The zero-order valence-corrected chi connectivity index (χ0v) is 19.0. The van der Waals surface area contributed by atoms with Crippen LogP contribution in [0.4, 0.5) is 0 Å². The number of halogens is 3. The fourth-order valence-electron chi connectivity index (χ4n) is 2.78. The van der Waals surface area contributed by atoms with Crippen molar-refractivity contribution in [2.45, 2.75) is 52.2 Å². The summed E-state index contributed by atoms with van der Waals surface area (Å²) in [5.41, 5.74) is 1.42. The average Bonchev–Trinajstić information content (AvgIpc) is 2.68. The van der Waals surface area contributed by atoms with Crippen molar-refractivity contribution in [3.63, 3.8) is 0 Å². The van der Waals surface area contributed by atoms with E-state index in [2.05, 4.69) is 5.32 Å². The maximum absolute atomic E-state index is 13.2. The maximum Gasteiger partial charge on any atom is 0.242 e. The van der Waals surface area contributed by atoms with Crippen molar-refractivity contribution in [2.24, 2.45) is 0 Å². The van der Waals surface area contributed by atoms with Crippen LogP contribution in [0.1, 0.15) is 38.3 Å². The van der Waals surface area contributed by atoms with E-state index in [9.17, 15) is 9.59 Å². The van der Waals surface area contributed by atoms with Crippen LogP contribution in [0.15, 0.2) is 42.5 Å². The Labute approximate surface area is 187 Å². The Morgan fingerprint density at radius 2 is 1.59 bits per heavy atom. The lowest BCUT2D eigenvalue weighted by atomic mass is 10.1. The van der Waals surface area contributed by atoms with Crippen molar-refractivity contribution in [1.82, 2.24) is 10.2 Å². The zero-order chi connectivity index (χ0) is 21.6. The molecule has 0 radical (unpaired) electrons. The van der Waals surface area contributed by atoms with Crippen LogP contribution in [0, 0.1) is 0 Å². The van der Waals surface area contributed by atoms with Gasteiger partial charge in [-0.2, -0.15) is 0 Å². The third-order valence-corrected chi connectivity index (χ3v) is 5.79. The van der Waals surface area contributed by atoms with Crippen LogP contribution < -0.4 is 5.32 Å². The predicted octanol–water partition coefficient (Wildman–Crippen LogP) is 5.52. The molecule has 0 spiro atoms. The lowest BCUT2D eigenvalue weighted by Gasteiger charge is -2.30. The lowest BCUT2D eigenvalue weighted by molar-refractivity contribution is -0.140. The van der Waals surface area contributed by atoms with Gasteiger partial charge in [-0.15, -0.1) is 0 Å². The highest BCUT2D eigenvalue weighted by molar-refractivity contribution is 6.36. The van der Waals surface area contributed by atoms with E-state index >= 15 is 0 Å². The molecule has 0 aliphatic heterocycles. The molecule has 7 heteroatoms. The van der Waals surface area contributed by atoms with Crippen molar-refractivity contribution in [1.29, 1.82) is 0 Å². The molecule has 2 amide bonds. The number of hydrogen-bond donors (Lipinski definition) is 1. The lowest BCUT2D eigenvalue weighted by Crippen LogP contribution is -2.50. The first-order chi connectivity index (χ1) is 13.7. The quantitative estimate of drug-likeness (QED) is 0.569. The fraction of sp³-hybridized carbons (Fsp3) is 0.364. The number of nitrogens with one attached hydrogen (secondary N) is 1. The number of benzene rings is 2. The van der Waals surface area contributed by atoms with Gasteiger partial charge in [-0.05, 0) is 50.1 Å². The predicted molar refractivity (Wildman–Crippen MR) is 120 cm³/mol. The van der Waals surface area contributed by atoms with Crippen molar-refractivity contribution in [3.8, 4) is 0 Å². The highest BCUT2D eigenvalue weighted by Gasteiger charge is 2.28. The number of carbonyl (C=O) groups excluding carboxylic acids is 2. The van der Waals surface area contributed by atoms with Crippen molar-refractivity contribution < 1.29 is 9.59 Å². The molecule has 0 saturated heterocycles. The monoisotopic (exact) mass is 454 g/mol. The molecule has 0 fully saturated rings. The highest BCUT2D eigenvalue weighted by atomic mass is 35.5. The number of rotatable bonds is 8. The first-order valence-electron chi connectivity index (χ1n) is 9.50. The molecule has 1 N–H and O–H groups in total. The molecule has 2 aromatic carbocycles. The van der Waals surface area contributed by atoms with E-state index in [1.807, 2.05) is 13.8 Å². The van der Waals surface area contributed by atoms with Gasteiger partial charge in [0.2, 0.25) is 11.8 Å². The maximum atomic E-state index is 13.2. The van der Waals surface area contributed by atoms with Gasteiger partial charge >= 0.3 is 0 Å². The average molecular weight is 456 g/mol. The van der Waals surface area contributed by atoms with Crippen LogP contribution in [0.5, 0.6) is 0 Å². The van der Waals surface area contributed by atoms with Gasteiger partial charge in [-0.3, -0.25) is 9.59 Å². The molecular weight excluding hydrogens is 431 g/mol. The molecule has 4 nitrogen and oxygen atoms in total. The van der Waals surface area contributed by atoms with Gasteiger partial charge in [-0.25, -0.2) is 0 Å². The summed E-state index contributed by atoms with van der Waals surface area (Å²) in [6, 6.07) is 11.6. The normalized spacial score (nSPS) is 12.9. The number of nitrogens with zero attached hydrogens (tertiary/aromatic N) is 1. The molecule has 0 aliphatic carbocycles. The zero-order valence-electron chi connectivity index (χ0n) is 16.7. The molecule has 2 rings (SSSR count). The molecule has 2 aromatic rings. The number of hydrogen-bond acceptors (Lipinski definition) is 2. The Bertz CT molecular complexity index is 835. The summed E-state index contributed by atoms with van der Waals surface area (Å²) in [5.74, 6) is -0.415. The van der Waals surface area contributed by atoms with Crippen LogP contribution in [-0.2, 0) is 22.6 Å². The Morgan fingerprint density at radius 1 is 1.00 bits per heavy atom. The SMILES string of the molecule is CC[C@@H](C)NC(=O)[C@@H](C)N(Cc1c(Cl)cccc1Cl)C(=O)Cc1ccc(Cl)cc1. The molecule has 0 saturated carbocycles. The van der Waals surface area contributed by atoms with Gasteiger partial charge in [0.15, 0.2) is 0 Å². The van der Waals surface area contributed by atoms with Crippen LogP contribution in [0.2, 0.25) is 15.1 Å². The molecule has 0 bridgehead atoms. The van der Waals surface area contributed by atoms with E-state index in [1.54, 1.807) is 49.4 Å². The second kappa shape index (κ2) is 10.9. The summed E-state index contributed by atoms with van der Waals surface area (Å²) in [7, 11) is 0. The Kier molecular flexibility index (Phi) is 8.81.